The number of benzene rings is 1. The second-order valence-electron chi connectivity index (χ2n) is 7.59. The van der Waals surface area contributed by atoms with E-state index in [1.165, 1.54) is 89.0 Å². The minimum atomic E-state index is 0.680. The average Bonchev–Trinajstić information content (AvgIpc) is 2.66. The van der Waals surface area contributed by atoms with E-state index in [2.05, 4.69) is 25.1 Å². The summed E-state index contributed by atoms with van der Waals surface area (Å²) in [6.45, 7) is 3.80. The molecule has 0 aromatic heterocycles. The van der Waals surface area contributed by atoms with Crippen LogP contribution in [0.25, 0.3) is 0 Å². The normalized spacial score (nSPS) is 11.0. The van der Waals surface area contributed by atoms with Gasteiger partial charge in [-0.2, -0.15) is 0 Å². The first-order valence-electron chi connectivity index (χ1n) is 11.3. The number of ether oxygens (including phenoxy) is 1. The zero-order valence-corrected chi connectivity index (χ0v) is 17.3. The van der Waals surface area contributed by atoms with Crippen LogP contribution in [0.15, 0.2) is 24.3 Å². The summed E-state index contributed by atoms with van der Waals surface area (Å²) < 4.78 is 5.94. The van der Waals surface area contributed by atoms with Crippen LogP contribution in [0, 0.1) is 0 Å². The van der Waals surface area contributed by atoms with Crippen LogP contribution < -0.4 is 10.5 Å². The van der Waals surface area contributed by atoms with Crippen molar-refractivity contribution in [1.82, 2.24) is 0 Å². The molecular weight excluding hydrogens is 318 g/mol. The molecule has 0 aliphatic rings. The Balaban J connectivity index is 1.85. The third-order valence-corrected chi connectivity index (χ3v) is 5.14. The second-order valence-corrected chi connectivity index (χ2v) is 7.59. The van der Waals surface area contributed by atoms with Crippen LogP contribution in [0.5, 0.6) is 5.75 Å². The van der Waals surface area contributed by atoms with Gasteiger partial charge >= 0.3 is 0 Å². The van der Waals surface area contributed by atoms with E-state index in [1.807, 2.05) is 6.07 Å². The zero-order chi connectivity index (χ0) is 18.7. The molecule has 0 saturated carbocycles. The van der Waals surface area contributed by atoms with Crippen molar-refractivity contribution in [2.75, 3.05) is 13.2 Å². The summed E-state index contributed by atoms with van der Waals surface area (Å²) in [4.78, 5) is 0. The van der Waals surface area contributed by atoms with E-state index in [-0.39, 0.29) is 0 Å². The molecular formula is C24H43NO. The molecule has 2 nitrogen and oxygen atoms in total. The Bertz CT molecular complexity index is 418. The fourth-order valence-corrected chi connectivity index (χ4v) is 3.49. The first-order valence-corrected chi connectivity index (χ1v) is 11.3. The zero-order valence-electron chi connectivity index (χ0n) is 17.3. The topological polar surface area (TPSA) is 35.2 Å². The SMILES string of the molecule is CCCCCCCCCCCCCCCCOc1ccccc1CCN. The third-order valence-electron chi connectivity index (χ3n) is 5.14. The van der Waals surface area contributed by atoms with Crippen LogP contribution in [0.1, 0.15) is 102 Å². The van der Waals surface area contributed by atoms with Crippen molar-refractivity contribution in [1.29, 1.82) is 0 Å². The molecule has 2 N–H and O–H groups in total. The molecule has 150 valence electrons. The average molecular weight is 362 g/mol. The van der Waals surface area contributed by atoms with Gasteiger partial charge in [0.25, 0.3) is 0 Å². The molecule has 0 bridgehead atoms. The van der Waals surface area contributed by atoms with E-state index in [4.69, 9.17) is 10.5 Å². The molecule has 1 rings (SSSR count). The maximum Gasteiger partial charge on any atom is 0.122 e. The lowest BCUT2D eigenvalue weighted by Gasteiger charge is -2.10. The lowest BCUT2D eigenvalue weighted by atomic mass is 10.0. The van der Waals surface area contributed by atoms with Gasteiger partial charge in [-0.25, -0.2) is 0 Å². The summed E-state index contributed by atoms with van der Waals surface area (Å²) >= 11 is 0. The van der Waals surface area contributed by atoms with E-state index in [1.54, 1.807) is 0 Å². The van der Waals surface area contributed by atoms with Crippen molar-refractivity contribution in [2.45, 2.75) is 103 Å². The fourth-order valence-electron chi connectivity index (χ4n) is 3.49. The Morgan fingerprint density at radius 1 is 0.692 bits per heavy atom. The van der Waals surface area contributed by atoms with Gasteiger partial charge in [0.2, 0.25) is 0 Å². The molecule has 0 unspecified atom stereocenters. The number of hydrogen-bond acceptors (Lipinski definition) is 2. The van der Waals surface area contributed by atoms with Crippen LogP contribution in [-0.2, 0) is 6.42 Å². The first-order chi connectivity index (χ1) is 12.9. The lowest BCUT2D eigenvalue weighted by molar-refractivity contribution is 0.301. The van der Waals surface area contributed by atoms with Gasteiger partial charge in [0.1, 0.15) is 5.75 Å². The standard InChI is InChI=1S/C24H43NO/c1-2-3-4-5-6-7-8-9-10-11-12-13-14-17-22-26-24-19-16-15-18-23(24)20-21-25/h15-16,18-19H,2-14,17,20-22,25H2,1H3. The van der Waals surface area contributed by atoms with E-state index in [0.29, 0.717) is 6.54 Å². The van der Waals surface area contributed by atoms with E-state index < -0.39 is 0 Å². The number of nitrogens with two attached hydrogens (primary N) is 1. The highest BCUT2D eigenvalue weighted by Crippen LogP contribution is 2.19. The fraction of sp³-hybridized carbons (Fsp3) is 0.750. The molecule has 0 aliphatic heterocycles. The third kappa shape index (κ3) is 12.4. The predicted octanol–water partition coefficient (Wildman–Crippen LogP) is 7.05. The molecule has 1 aromatic rings. The summed E-state index contributed by atoms with van der Waals surface area (Å²) in [6.07, 6.45) is 20.4. The highest BCUT2D eigenvalue weighted by Gasteiger charge is 2.01. The molecule has 0 saturated heterocycles. The maximum absolute atomic E-state index is 5.94. The van der Waals surface area contributed by atoms with Gasteiger partial charge in [-0.05, 0) is 31.0 Å². The number of rotatable bonds is 18. The van der Waals surface area contributed by atoms with Crippen LogP contribution in [0.4, 0.5) is 0 Å². The molecule has 2 heteroatoms. The first kappa shape index (κ1) is 23.0. The van der Waals surface area contributed by atoms with Gasteiger partial charge in [-0.15, -0.1) is 0 Å². The lowest BCUT2D eigenvalue weighted by Crippen LogP contribution is -2.06. The number of hydrogen-bond donors (Lipinski definition) is 1. The Morgan fingerprint density at radius 2 is 1.19 bits per heavy atom. The molecule has 0 atom stereocenters. The summed E-state index contributed by atoms with van der Waals surface area (Å²) in [5.74, 6) is 1.02. The van der Waals surface area contributed by atoms with Crippen LogP contribution in [0.2, 0.25) is 0 Å². The van der Waals surface area contributed by atoms with Crippen LogP contribution in [0.3, 0.4) is 0 Å². The van der Waals surface area contributed by atoms with E-state index in [9.17, 15) is 0 Å². The molecule has 26 heavy (non-hydrogen) atoms. The molecule has 0 heterocycles. The molecule has 1 aromatic carbocycles. The Kier molecular flexibility index (Phi) is 15.4. The Morgan fingerprint density at radius 3 is 1.73 bits per heavy atom. The van der Waals surface area contributed by atoms with Gasteiger partial charge < -0.3 is 10.5 Å². The largest absolute Gasteiger partial charge is 0.493 e. The Labute approximate surface area is 162 Å². The highest BCUT2D eigenvalue weighted by atomic mass is 16.5. The van der Waals surface area contributed by atoms with E-state index in [0.717, 1.165) is 25.2 Å². The molecule has 0 radical (unpaired) electrons. The minimum Gasteiger partial charge on any atom is -0.493 e. The van der Waals surface area contributed by atoms with Gasteiger partial charge in [0.15, 0.2) is 0 Å². The monoisotopic (exact) mass is 361 g/mol. The molecule has 0 amide bonds. The molecule has 0 aliphatic carbocycles. The smallest absolute Gasteiger partial charge is 0.122 e. The van der Waals surface area contributed by atoms with Crippen molar-refractivity contribution in [3.8, 4) is 5.75 Å². The van der Waals surface area contributed by atoms with Gasteiger partial charge in [-0.3, -0.25) is 0 Å². The van der Waals surface area contributed by atoms with Gasteiger partial charge in [0, 0.05) is 0 Å². The predicted molar refractivity (Wildman–Crippen MR) is 115 cm³/mol. The van der Waals surface area contributed by atoms with Crippen molar-refractivity contribution >= 4 is 0 Å². The Hall–Kier alpha value is -1.02. The highest BCUT2D eigenvalue weighted by molar-refractivity contribution is 5.33. The number of para-hydroxylation sites is 1. The van der Waals surface area contributed by atoms with Gasteiger partial charge in [-0.1, -0.05) is 109 Å². The summed E-state index contributed by atoms with van der Waals surface area (Å²) in [5, 5.41) is 0. The maximum atomic E-state index is 5.94. The summed E-state index contributed by atoms with van der Waals surface area (Å²) in [6, 6.07) is 8.28. The molecule has 0 spiro atoms. The minimum absolute atomic E-state index is 0.680. The number of unbranched alkanes of at least 4 members (excludes halogenated alkanes) is 13. The van der Waals surface area contributed by atoms with Gasteiger partial charge in [0.05, 0.1) is 6.61 Å². The second kappa shape index (κ2) is 17.4. The summed E-state index contributed by atoms with van der Waals surface area (Å²) in [5.41, 5.74) is 6.90. The van der Waals surface area contributed by atoms with Crippen molar-refractivity contribution < 1.29 is 4.74 Å². The quantitative estimate of drug-likeness (QED) is 0.284. The van der Waals surface area contributed by atoms with Crippen molar-refractivity contribution in [3.63, 3.8) is 0 Å². The molecule has 0 fully saturated rings. The van der Waals surface area contributed by atoms with Crippen molar-refractivity contribution in [3.05, 3.63) is 29.8 Å². The van der Waals surface area contributed by atoms with Crippen LogP contribution >= 0.6 is 0 Å². The van der Waals surface area contributed by atoms with E-state index >= 15 is 0 Å². The van der Waals surface area contributed by atoms with Crippen molar-refractivity contribution in [2.24, 2.45) is 5.73 Å². The van der Waals surface area contributed by atoms with Crippen LogP contribution in [-0.4, -0.2) is 13.2 Å². The summed E-state index contributed by atoms with van der Waals surface area (Å²) in [7, 11) is 0.